The Kier molecular flexibility index (Phi) is 5.57. The number of carbonyl (C=O) groups is 2. The van der Waals surface area contributed by atoms with Gasteiger partial charge in [0.1, 0.15) is 0 Å². The van der Waals surface area contributed by atoms with E-state index in [1.165, 1.54) is 0 Å². The van der Waals surface area contributed by atoms with Crippen molar-refractivity contribution in [3.63, 3.8) is 0 Å². The highest BCUT2D eigenvalue weighted by molar-refractivity contribution is 6.31. The molecular weight excluding hydrogens is 278 g/mol. The number of carbonyl (C=O) groups excluding carboxylic acids is 1. The first-order valence-corrected chi connectivity index (χ1v) is 7.02. The van der Waals surface area contributed by atoms with Gasteiger partial charge in [-0.1, -0.05) is 25.4 Å². The van der Waals surface area contributed by atoms with Crippen LogP contribution in [-0.4, -0.2) is 22.5 Å². The average Bonchev–Trinajstić information content (AvgIpc) is 2.40. The highest BCUT2D eigenvalue weighted by atomic mass is 35.5. The molecule has 0 spiro atoms. The minimum absolute atomic E-state index is 0.0850. The van der Waals surface area contributed by atoms with Crippen LogP contribution in [-0.2, 0) is 4.79 Å². The van der Waals surface area contributed by atoms with Crippen molar-refractivity contribution in [1.29, 1.82) is 0 Å². The second-order valence-corrected chi connectivity index (χ2v) is 5.38. The zero-order chi connectivity index (χ0) is 15.3. The number of hydrogen-bond donors (Lipinski definition) is 2. The van der Waals surface area contributed by atoms with Crippen molar-refractivity contribution in [2.24, 2.45) is 0 Å². The van der Waals surface area contributed by atoms with Crippen molar-refractivity contribution in [1.82, 2.24) is 5.32 Å². The first kappa shape index (κ1) is 16.5. The van der Waals surface area contributed by atoms with Gasteiger partial charge < -0.3 is 10.4 Å². The van der Waals surface area contributed by atoms with E-state index in [1.54, 1.807) is 18.2 Å². The Morgan fingerprint density at radius 3 is 2.35 bits per heavy atom. The highest BCUT2D eigenvalue weighted by Crippen LogP contribution is 2.22. The van der Waals surface area contributed by atoms with Crippen LogP contribution in [0.5, 0.6) is 0 Å². The third-order valence-corrected chi connectivity index (χ3v) is 4.07. The van der Waals surface area contributed by atoms with Gasteiger partial charge in [0.2, 0.25) is 0 Å². The fourth-order valence-corrected chi connectivity index (χ4v) is 2.23. The summed E-state index contributed by atoms with van der Waals surface area (Å²) in [6.45, 7) is 5.57. The fourth-order valence-electron chi connectivity index (χ4n) is 2.11. The molecule has 0 fully saturated rings. The molecule has 1 amide bonds. The van der Waals surface area contributed by atoms with E-state index in [9.17, 15) is 9.59 Å². The smallest absolute Gasteiger partial charge is 0.305 e. The van der Waals surface area contributed by atoms with Crippen molar-refractivity contribution in [2.45, 2.75) is 45.6 Å². The van der Waals surface area contributed by atoms with Crippen molar-refractivity contribution < 1.29 is 14.7 Å². The van der Waals surface area contributed by atoms with Crippen molar-refractivity contribution >= 4 is 23.5 Å². The van der Waals surface area contributed by atoms with Gasteiger partial charge in [0.25, 0.3) is 5.91 Å². The van der Waals surface area contributed by atoms with E-state index in [-0.39, 0.29) is 12.3 Å². The molecule has 1 aromatic rings. The Balaban J connectivity index is 2.95. The highest BCUT2D eigenvalue weighted by Gasteiger charge is 2.31. The molecule has 2 N–H and O–H groups in total. The number of carboxylic acids is 1. The number of hydrogen-bond acceptors (Lipinski definition) is 2. The minimum atomic E-state index is -0.915. The van der Waals surface area contributed by atoms with Gasteiger partial charge in [0, 0.05) is 10.6 Å². The van der Waals surface area contributed by atoms with Crippen LogP contribution < -0.4 is 5.32 Å². The van der Waals surface area contributed by atoms with Gasteiger partial charge in [0.15, 0.2) is 0 Å². The van der Waals surface area contributed by atoms with Gasteiger partial charge in [-0.25, -0.2) is 0 Å². The second kappa shape index (κ2) is 6.75. The molecule has 0 atom stereocenters. The normalized spacial score (nSPS) is 11.2. The molecule has 0 bridgehead atoms. The summed E-state index contributed by atoms with van der Waals surface area (Å²) in [6, 6.07) is 5.01. The van der Waals surface area contributed by atoms with Crippen LogP contribution in [0.15, 0.2) is 18.2 Å². The predicted molar refractivity (Wildman–Crippen MR) is 79.2 cm³/mol. The summed E-state index contributed by atoms with van der Waals surface area (Å²) < 4.78 is 0. The van der Waals surface area contributed by atoms with Crippen LogP contribution in [0.3, 0.4) is 0 Å². The second-order valence-electron chi connectivity index (χ2n) is 4.98. The number of halogens is 1. The van der Waals surface area contributed by atoms with E-state index in [1.807, 2.05) is 20.8 Å². The molecule has 1 aromatic carbocycles. The van der Waals surface area contributed by atoms with Crippen LogP contribution in [0.2, 0.25) is 5.02 Å². The zero-order valence-corrected chi connectivity index (χ0v) is 12.8. The summed E-state index contributed by atoms with van der Waals surface area (Å²) >= 11 is 5.93. The lowest BCUT2D eigenvalue weighted by molar-refractivity contribution is -0.138. The van der Waals surface area contributed by atoms with E-state index < -0.39 is 11.5 Å². The van der Waals surface area contributed by atoms with Crippen LogP contribution in [0.25, 0.3) is 0 Å². The predicted octanol–water partition coefficient (Wildman–Crippen LogP) is 3.41. The van der Waals surface area contributed by atoms with E-state index in [0.29, 0.717) is 23.4 Å². The van der Waals surface area contributed by atoms with Gasteiger partial charge in [0.05, 0.1) is 12.0 Å². The molecule has 4 nitrogen and oxygen atoms in total. The molecule has 0 aliphatic rings. The molecule has 0 saturated carbocycles. The topological polar surface area (TPSA) is 66.4 Å². The van der Waals surface area contributed by atoms with Gasteiger partial charge in [-0.05, 0) is 43.5 Å². The molecule has 5 heteroatoms. The number of benzene rings is 1. The standard InChI is InChI=1S/C15H20ClNO3/c1-4-15(5-2,9-13(18)19)17-14(20)11-6-7-12(16)10(3)8-11/h6-8H,4-5,9H2,1-3H3,(H,17,20)(H,18,19). The third-order valence-electron chi connectivity index (χ3n) is 3.64. The first-order chi connectivity index (χ1) is 9.33. The van der Waals surface area contributed by atoms with Crippen molar-refractivity contribution in [2.75, 3.05) is 0 Å². The quantitative estimate of drug-likeness (QED) is 0.845. The van der Waals surface area contributed by atoms with Gasteiger partial charge in [-0.3, -0.25) is 9.59 Å². The largest absolute Gasteiger partial charge is 0.481 e. The maximum Gasteiger partial charge on any atom is 0.305 e. The first-order valence-electron chi connectivity index (χ1n) is 6.64. The molecule has 0 aliphatic heterocycles. The fraction of sp³-hybridized carbons (Fsp3) is 0.467. The van der Waals surface area contributed by atoms with E-state index in [4.69, 9.17) is 16.7 Å². The van der Waals surface area contributed by atoms with Crippen LogP contribution in [0.1, 0.15) is 49.0 Å². The van der Waals surface area contributed by atoms with Crippen LogP contribution in [0.4, 0.5) is 0 Å². The summed E-state index contributed by atoms with van der Waals surface area (Å²) in [6.07, 6.45) is 1.04. The maximum absolute atomic E-state index is 12.3. The van der Waals surface area contributed by atoms with Crippen molar-refractivity contribution in [3.05, 3.63) is 34.3 Å². The molecule has 1 rings (SSSR count). The lowest BCUT2D eigenvalue weighted by Crippen LogP contribution is -2.49. The Morgan fingerprint density at radius 1 is 1.30 bits per heavy atom. The summed E-state index contributed by atoms with van der Waals surface area (Å²) in [5.74, 6) is -1.18. The summed E-state index contributed by atoms with van der Waals surface area (Å²) in [5.41, 5.74) is 0.593. The summed E-state index contributed by atoms with van der Waals surface area (Å²) in [7, 11) is 0. The molecule has 110 valence electrons. The molecular formula is C15H20ClNO3. The maximum atomic E-state index is 12.3. The number of carboxylic acid groups (broad SMARTS) is 1. The van der Waals surface area contributed by atoms with Crippen LogP contribution >= 0.6 is 11.6 Å². The molecule has 0 heterocycles. The average molecular weight is 298 g/mol. The SMILES string of the molecule is CCC(CC)(CC(=O)O)NC(=O)c1ccc(Cl)c(C)c1. The third kappa shape index (κ3) is 3.97. The van der Waals surface area contributed by atoms with E-state index in [2.05, 4.69) is 5.32 Å². The molecule has 20 heavy (non-hydrogen) atoms. The molecule has 0 aliphatic carbocycles. The molecule has 0 radical (unpaired) electrons. The zero-order valence-electron chi connectivity index (χ0n) is 12.0. The monoisotopic (exact) mass is 297 g/mol. The number of nitrogens with one attached hydrogen (secondary N) is 1. The van der Waals surface area contributed by atoms with Gasteiger partial charge in [-0.2, -0.15) is 0 Å². The summed E-state index contributed by atoms with van der Waals surface area (Å²) in [5, 5.41) is 12.5. The number of amides is 1. The lowest BCUT2D eigenvalue weighted by Gasteiger charge is -2.31. The van der Waals surface area contributed by atoms with Gasteiger partial charge in [-0.15, -0.1) is 0 Å². The van der Waals surface area contributed by atoms with Crippen molar-refractivity contribution in [3.8, 4) is 0 Å². The van der Waals surface area contributed by atoms with E-state index in [0.717, 1.165) is 5.56 Å². The molecule has 0 unspecified atom stereocenters. The Morgan fingerprint density at radius 2 is 1.90 bits per heavy atom. The summed E-state index contributed by atoms with van der Waals surface area (Å²) in [4.78, 5) is 23.3. The van der Waals surface area contributed by atoms with E-state index >= 15 is 0 Å². The minimum Gasteiger partial charge on any atom is -0.481 e. The van der Waals surface area contributed by atoms with Crippen LogP contribution in [0, 0.1) is 6.92 Å². The van der Waals surface area contributed by atoms with Gasteiger partial charge >= 0.3 is 5.97 Å². The Hall–Kier alpha value is -1.55. The number of aliphatic carboxylic acids is 1. The molecule has 0 aromatic heterocycles. The number of aryl methyl sites for hydroxylation is 1. The molecule has 0 saturated heterocycles. The number of rotatable bonds is 6. The lowest BCUT2D eigenvalue weighted by atomic mass is 9.88. The Labute approximate surface area is 124 Å². The Bertz CT molecular complexity index is 510.